The normalized spacial score (nSPS) is 25.6. The number of amidine groups is 1. The standard InChI is InChI=1S/C15H20N2OS/c1-2-18-13-7-4-6-12(9-13)16-15-17-14-8-3-5-11(14)10-19-15/h4,6-7,9,11,14H,2-3,5,8,10H2,1H3,(H,16,17). The van der Waals surface area contributed by atoms with Gasteiger partial charge in [-0.2, -0.15) is 0 Å². The number of hydrogen-bond donors (Lipinski definition) is 1. The number of thioether (sulfide) groups is 1. The lowest BCUT2D eigenvalue weighted by atomic mass is 10.1. The molecule has 4 heteroatoms. The second-order valence-electron chi connectivity index (χ2n) is 5.09. The first-order valence-electron chi connectivity index (χ1n) is 7.05. The van der Waals surface area contributed by atoms with Gasteiger partial charge in [-0.05, 0) is 37.8 Å². The smallest absolute Gasteiger partial charge is 0.161 e. The van der Waals surface area contributed by atoms with Gasteiger partial charge in [-0.25, -0.2) is 0 Å². The summed E-state index contributed by atoms with van der Waals surface area (Å²) in [5.74, 6) is 2.93. The summed E-state index contributed by atoms with van der Waals surface area (Å²) in [6.45, 7) is 2.70. The fourth-order valence-corrected chi connectivity index (χ4v) is 3.94. The van der Waals surface area contributed by atoms with Crippen molar-refractivity contribution in [2.75, 3.05) is 17.7 Å². The molecule has 0 amide bonds. The Morgan fingerprint density at radius 1 is 1.42 bits per heavy atom. The lowest BCUT2D eigenvalue weighted by molar-refractivity contribution is 0.340. The average molecular weight is 276 g/mol. The lowest BCUT2D eigenvalue weighted by Gasteiger charge is -2.23. The van der Waals surface area contributed by atoms with Gasteiger partial charge in [0.05, 0.1) is 12.6 Å². The van der Waals surface area contributed by atoms with Gasteiger partial charge >= 0.3 is 0 Å². The average Bonchev–Trinajstić information content (AvgIpc) is 2.87. The van der Waals surface area contributed by atoms with E-state index in [2.05, 4.69) is 11.4 Å². The fraction of sp³-hybridized carbons (Fsp3) is 0.533. The molecule has 1 fully saturated rings. The van der Waals surface area contributed by atoms with Crippen LogP contribution in [0.5, 0.6) is 5.75 Å². The number of rotatable bonds is 3. The van der Waals surface area contributed by atoms with Gasteiger partial charge in [0, 0.05) is 17.5 Å². The minimum atomic E-state index is 0.554. The van der Waals surface area contributed by atoms with Crippen LogP contribution >= 0.6 is 11.8 Å². The van der Waals surface area contributed by atoms with Crippen LogP contribution < -0.4 is 10.1 Å². The first-order valence-corrected chi connectivity index (χ1v) is 8.04. The van der Waals surface area contributed by atoms with Gasteiger partial charge in [-0.1, -0.05) is 24.2 Å². The van der Waals surface area contributed by atoms with Crippen molar-refractivity contribution in [2.24, 2.45) is 10.9 Å². The first-order chi connectivity index (χ1) is 9.35. The Balaban J connectivity index is 1.69. The molecular formula is C15H20N2OS. The van der Waals surface area contributed by atoms with Gasteiger partial charge in [0.15, 0.2) is 5.17 Å². The third-order valence-electron chi connectivity index (χ3n) is 3.73. The molecule has 0 aromatic heterocycles. The number of nitrogens with one attached hydrogen (secondary N) is 1. The summed E-state index contributed by atoms with van der Waals surface area (Å²) in [6.07, 6.45) is 3.95. The molecule has 0 radical (unpaired) electrons. The van der Waals surface area contributed by atoms with Gasteiger partial charge in [-0.3, -0.25) is 4.99 Å². The van der Waals surface area contributed by atoms with Crippen LogP contribution in [0.1, 0.15) is 26.2 Å². The molecule has 1 aromatic carbocycles. The Morgan fingerprint density at radius 3 is 3.26 bits per heavy atom. The molecular weight excluding hydrogens is 256 g/mol. The van der Waals surface area contributed by atoms with E-state index in [-0.39, 0.29) is 0 Å². The summed E-state index contributed by atoms with van der Waals surface area (Å²) in [5, 5.41) is 4.49. The van der Waals surface area contributed by atoms with Crippen LogP contribution in [-0.2, 0) is 0 Å². The van der Waals surface area contributed by atoms with E-state index in [9.17, 15) is 0 Å². The topological polar surface area (TPSA) is 33.6 Å². The highest BCUT2D eigenvalue weighted by atomic mass is 32.2. The molecule has 2 unspecified atom stereocenters. The Hall–Kier alpha value is -1.16. The maximum absolute atomic E-state index is 5.52. The zero-order chi connectivity index (χ0) is 13.1. The number of hydrogen-bond acceptors (Lipinski definition) is 4. The first kappa shape index (κ1) is 12.9. The van der Waals surface area contributed by atoms with Crippen LogP contribution in [0.25, 0.3) is 0 Å². The highest BCUT2D eigenvalue weighted by Gasteiger charge is 2.30. The summed E-state index contributed by atoms with van der Waals surface area (Å²) in [6, 6.07) is 8.65. The van der Waals surface area contributed by atoms with Crippen LogP contribution in [0.2, 0.25) is 0 Å². The predicted molar refractivity (Wildman–Crippen MR) is 82.3 cm³/mol. The molecule has 1 N–H and O–H groups in total. The van der Waals surface area contributed by atoms with Crippen molar-refractivity contribution in [3.8, 4) is 5.75 Å². The molecule has 1 saturated carbocycles. The van der Waals surface area contributed by atoms with E-state index >= 15 is 0 Å². The number of benzene rings is 1. The lowest BCUT2D eigenvalue weighted by Crippen LogP contribution is -2.25. The second-order valence-corrected chi connectivity index (χ2v) is 6.10. The molecule has 1 heterocycles. The second kappa shape index (κ2) is 5.87. The van der Waals surface area contributed by atoms with Crippen LogP contribution in [0.15, 0.2) is 29.3 Å². The number of aliphatic imine (C=N–C) groups is 1. The van der Waals surface area contributed by atoms with Gasteiger partial charge < -0.3 is 10.1 Å². The SMILES string of the molecule is CCOc1cccc(NC2=NC3CCCC3CS2)c1. The van der Waals surface area contributed by atoms with Gasteiger partial charge in [-0.15, -0.1) is 0 Å². The molecule has 2 atom stereocenters. The van der Waals surface area contributed by atoms with E-state index in [0.29, 0.717) is 12.6 Å². The van der Waals surface area contributed by atoms with E-state index in [1.165, 1.54) is 25.0 Å². The zero-order valence-corrected chi connectivity index (χ0v) is 12.1. The minimum absolute atomic E-state index is 0.554. The summed E-state index contributed by atoms with van der Waals surface area (Å²) >= 11 is 1.85. The number of anilines is 1. The van der Waals surface area contributed by atoms with Crippen molar-refractivity contribution in [1.29, 1.82) is 0 Å². The van der Waals surface area contributed by atoms with E-state index in [1.807, 2.05) is 36.9 Å². The number of nitrogens with zero attached hydrogens (tertiary/aromatic N) is 1. The van der Waals surface area contributed by atoms with Gasteiger partial charge in [0.1, 0.15) is 5.75 Å². The highest BCUT2D eigenvalue weighted by Crippen LogP contribution is 2.35. The molecule has 1 aliphatic carbocycles. The Bertz CT molecular complexity index is 475. The number of fused-ring (bicyclic) bond motifs is 1. The van der Waals surface area contributed by atoms with Gasteiger partial charge in [0.2, 0.25) is 0 Å². The predicted octanol–water partition coefficient (Wildman–Crippen LogP) is 3.77. The Kier molecular flexibility index (Phi) is 3.97. The number of ether oxygens (including phenoxy) is 1. The third kappa shape index (κ3) is 3.06. The molecule has 19 heavy (non-hydrogen) atoms. The molecule has 3 rings (SSSR count). The monoisotopic (exact) mass is 276 g/mol. The molecule has 1 aliphatic heterocycles. The maximum Gasteiger partial charge on any atom is 0.161 e. The molecule has 102 valence electrons. The van der Waals surface area contributed by atoms with Crippen molar-refractivity contribution >= 4 is 22.6 Å². The van der Waals surface area contributed by atoms with E-state index in [4.69, 9.17) is 9.73 Å². The van der Waals surface area contributed by atoms with Crippen LogP contribution in [-0.4, -0.2) is 23.6 Å². The van der Waals surface area contributed by atoms with Crippen molar-refractivity contribution in [2.45, 2.75) is 32.2 Å². The Morgan fingerprint density at radius 2 is 2.37 bits per heavy atom. The van der Waals surface area contributed by atoms with Crippen molar-refractivity contribution < 1.29 is 4.74 Å². The fourth-order valence-electron chi connectivity index (χ4n) is 2.78. The van der Waals surface area contributed by atoms with Crippen LogP contribution in [0, 0.1) is 5.92 Å². The largest absolute Gasteiger partial charge is 0.494 e. The van der Waals surface area contributed by atoms with Crippen molar-refractivity contribution in [3.05, 3.63) is 24.3 Å². The third-order valence-corrected chi connectivity index (χ3v) is 4.81. The summed E-state index contributed by atoms with van der Waals surface area (Å²) < 4.78 is 5.52. The van der Waals surface area contributed by atoms with E-state index in [1.54, 1.807) is 0 Å². The summed E-state index contributed by atoms with van der Waals surface area (Å²) in [4.78, 5) is 4.84. The molecule has 1 aromatic rings. The van der Waals surface area contributed by atoms with Crippen molar-refractivity contribution in [1.82, 2.24) is 0 Å². The molecule has 2 aliphatic rings. The van der Waals surface area contributed by atoms with Gasteiger partial charge in [0.25, 0.3) is 0 Å². The quantitative estimate of drug-likeness (QED) is 0.912. The molecule has 0 bridgehead atoms. The summed E-state index contributed by atoms with van der Waals surface area (Å²) in [5.41, 5.74) is 1.06. The minimum Gasteiger partial charge on any atom is -0.494 e. The van der Waals surface area contributed by atoms with Crippen molar-refractivity contribution in [3.63, 3.8) is 0 Å². The van der Waals surface area contributed by atoms with Crippen LogP contribution in [0.4, 0.5) is 5.69 Å². The zero-order valence-electron chi connectivity index (χ0n) is 11.3. The summed E-state index contributed by atoms with van der Waals surface area (Å²) in [7, 11) is 0. The van der Waals surface area contributed by atoms with E-state index < -0.39 is 0 Å². The molecule has 0 saturated heterocycles. The molecule has 3 nitrogen and oxygen atoms in total. The van der Waals surface area contributed by atoms with E-state index in [0.717, 1.165) is 22.5 Å². The molecule has 0 spiro atoms. The van der Waals surface area contributed by atoms with Crippen LogP contribution in [0.3, 0.4) is 0 Å². The highest BCUT2D eigenvalue weighted by molar-refractivity contribution is 8.14. The maximum atomic E-state index is 5.52. The Labute approximate surface area is 118 Å².